The van der Waals surface area contributed by atoms with Crippen molar-refractivity contribution in [2.45, 2.75) is 32.9 Å². The van der Waals surface area contributed by atoms with Crippen LogP contribution in [0.2, 0.25) is 0 Å². The topological polar surface area (TPSA) is 51.3 Å². The summed E-state index contributed by atoms with van der Waals surface area (Å²) in [6, 6.07) is 11.9. The van der Waals surface area contributed by atoms with E-state index in [1.807, 2.05) is 29.2 Å². The summed E-state index contributed by atoms with van der Waals surface area (Å²) < 4.78 is 2.30. The first-order valence-electron chi connectivity index (χ1n) is 7.36. The number of fused-ring (bicyclic) bond motifs is 1. The lowest BCUT2D eigenvalue weighted by Gasteiger charge is -2.35. The summed E-state index contributed by atoms with van der Waals surface area (Å²) in [5.41, 5.74) is 9.91. The van der Waals surface area contributed by atoms with Gasteiger partial charge in [0.25, 0.3) is 0 Å². The van der Waals surface area contributed by atoms with E-state index >= 15 is 0 Å². The number of aryl methyl sites for hydroxylation is 1. The van der Waals surface area contributed by atoms with Gasteiger partial charge in [-0.3, -0.25) is 4.79 Å². The van der Waals surface area contributed by atoms with Gasteiger partial charge >= 0.3 is 0 Å². The molecule has 0 fully saturated rings. The third-order valence-corrected chi connectivity index (χ3v) is 4.35. The number of nitrogens with zero attached hydrogens (tertiary/aromatic N) is 2. The Bertz CT molecular complexity index is 657. The highest BCUT2D eigenvalue weighted by Gasteiger charge is 2.28. The number of amides is 1. The van der Waals surface area contributed by atoms with Crippen molar-refractivity contribution in [3.8, 4) is 0 Å². The fourth-order valence-electron chi connectivity index (χ4n) is 3.07. The summed E-state index contributed by atoms with van der Waals surface area (Å²) in [5, 5.41) is 0. The van der Waals surface area contributed by atoms with Crippen molar-refractivity contribution in [3.05, 3.63) is 53.3 Å². The molecule has 1 aliphatic heterocycles. The highest BCUT2D eigenvalue weighted by molar-refractivity contribution is 5.79. The van der Waals surface area contributed by atoms with E-state index in [1.54, 1.807) is 0 Å². The Morgan fingerprint density at radius 2 is 1.90 bits per heavy atom. The average molecular weight is 283 g/mol. The Hall–Kier alpha value is -2.23. The molecule has 1 amide bonds. The minimum absolute atomic E-state index is 0.133. The molecule has 4 nitrogen and oxygen atoms in total. The monoisotopic (exact) mass is 283 g/mol. The van der Waals surface area contributed by atoms with Crippen LogP contribution < -0.4 is 5.73 Å². The van der Waals surface area contributed by atoms with Crippen molar-refractivity contribution in [3.63, 3.8) is 0 Å². The zero-order valence-electron chi connectivity index (χ0n) is 12.5. The number of anilines is 1. The van der Waals surface area contributed by atoms with Gasteiger partial charge in [0.15, 0.2) is 0 Å². The van der Waals surface area contributed by atoms with Gasteiger partial charge in [-0.2, -0.15) is 0 Å². The van der Waals surface area contributed by atoms with Gasteiger partial charge in [0.2, 0.25) is 5.91 Å². The maximum atomic E-state index is 12.6. The van der Waals surface area contributed by atoms with Crippen LogP contribution in [-0.4, -0.2) is 21.9 Å². The Morgan fingerprint density at radius 3 is 2.62 bits per heavy atom. The zero-order chi connectivity index (χ0) is 15.0. The first-order chi connectivity index (χ1) is 10.1. The molecular formula is C17H21N3O. The van der Waals surface area contributed by atoms with Crippen LogP contribution in [-0.2, 0) is 17.8 Å². The maximum Gasteiger partial charge on any atom is 0.227 e. The molecule has 2 heterocycles. The van der Waals surface area contributed by atoms with E-state index in [0.29, 0.717) is 6.42 Å². The highest BCUT2D eigenvalue weighted by atomic mass is 16.2. The molecule has 0 bridgehead atoms. The van der Waals surface area contributed by atoms with E-state index < -0.39 is 0 Å². The molecular weight excluding hydrogens is 262 g/mol. The van der Waals surface area contributed by atoms with Crippen LogP contribution >= 0.6 is 0 Å². The van der Waals surface area contributed by atoms with Gasteiger partial charge in [0, 0.05) is 30.2 Å². The molecule has 0 saturated heterocycles. The molecule has 3 rings (SSSR count). The molecule has 1 aromatic carbocycles. The Balaban J connectivity index is 1.75. The molecule has 0 aliphatic carbocycles. The van der Waals surface area contributed by atoms with Crippen LogP contribution in [0, 0.1) is 6.92 Å². The van der Waals surface area contributed by atoms with Gasteiger partial charge in [-0.25, -0.2) is 0 Å². The van der Waals surface area contributed by atoms with Gasteiger partial charge in [-0.1, -0.05) is 12.1 Å². The Labute approximate surface area is 125 Å². The number of nitrogen functional groups attached to an aromatic ring is 1. The van der Waals surface area contributed by atoms with Crippen molar-refractivity contribution in [2.75, 3.05) is 12.3 Å². The van der Waals surface area contributed by atoms with E-state index in [1.165, 1.54) is 11.4 Å². The smallest absolute Gasteiger partial charge is 0.227 e. The van der Waals surface area contributed by atoms with Crippen molar-refractivity contribution in [1.29, 1.82) is 0 Å². The summed E-state index contributed by atoms with van der Waals surface area (Å²) >= 11 is 0. The minimum Gasteiger partial charge on any atom is -0.399 e. The van der Waals surface area contributed by atoms with Crippen molar-refractivity contribution >= 4 is 11.6 Å². The van der Waals surface area contributed by atoms with Gasteiger partial charge in [0.05, 0.1) is 12.5 Å². The highest BCUT2D eigenvalue weighted by Crippen LogP contribution is 2.27. The van der Waals surface area contributed by atoms with Crippen LogP contribution in [0.25, 0.3) is 0 Å². The molecule has 0 saturated carbocycles. The third kappa shape index (κ3) is 2.53. The predicted octanol–water partition coefficient (Wildman–Crippen LogP) is 2.52. The first kappa shape index (κ1) is 13.7. The largest absolute Gasteiger partial charge is 0.399 e. The molecule has 0 radical (unpaired) electrons. The zero-order valence-corrected chi connectivity index (χ0v) is 12.5. The standard InChI is InChI=1S/C17H21N3O/c1-12-3-8-16-13(2)20(10-9-19(12)16)17(21)11-14-4-6-15(18)7-5-14/h3-8,13H,9-11,18H2,1-2H3. The van der Waals surface area contributed by atoms with Crippen molar-refractivity contribution in [1.82, 2.24) is 9.47 Å². The lowest BCUT2D eigenvalue weighted by molar-refractivity contribution is -0.133. The van der Waals surface area contributed by atoms with Gasteiger partial charge in [-0.05, 0) is 43.7 Å². The van der Waals surface area contributed by atoms with Crippen LogP contribution in [0.5, 0.6) is 0 Å². The molecule has 2 aromatic rings. The summed E-state index contributed by atoms with van der Waals surface area (Å²) in [7, 11) is 0. The van der Waals surface area contributed by atoms with E-state index in [-0.39, 0.29) is 11.9 Å². The normalized spacial score (nSPS) is 17.6. The first-order valence-corrected chi connectivity index (χ1v) is 7.36. The van der Waals surface area contributed by atoms with E-state index in [0.717, 1.165) is 24.3 Å². The lowest BCUT2D eigenvalue weighted by Crippen LogP contribution is -2.41. The third-order valence-electron chi connectivity index (χ3n) is 4.35. The number of nitrogens with two attached hydrogens (primary N) is 1. The van der Waals surface area contributed by atoms with E-state index in [4.69, 9.17) is 5.73 Å². The van der Waals surface area contributed by atoms with E-state index in [9.17, 15) is 4.79 Å². The molecule has 2 N–H and O–H groups in total. The number of benzene rings is 1. The second-order valence-electron chi connectivity index (χ2n) is 5.73. The number of hydrogen-bond donors (Lipinski definition) is 1. The van der Waals surface area contributed by atoms with Crippen LogP contribution in [0.15, 0.2) is 36.4 Å². The van der Waals surface area contributed by atoms with Gasteiger partial charge in [-0.15, -0.1) is 0 Å². The van der Waals surface area contributed by atoms with Gasteiger partial charge < -0.3 is 15.2 Å². The number of hydrogen-bond acceptors (Lipinski definition) is 2. The second kappa shape index (κ2) is 5.28. The summed E-state index contributed by atoms with van der Waals surface area (Å²) in [6.07, 6.45) is 0.435. The fraction of sp³-hybridized carbons (Fsp3) is 0.353. The molecule has 1 unspecified atom stereocenters. The molecule has 1 aliphatic rings. The SMILES string of the molecule is Cc1ccc2n1CCN(C(=O)Cc1ccc(N)cc1)C2C. The van der Waals surface area contributed by atoms with Crippen LogP contribution in [0.3, 0.4) is 0 Å². The quantitative estimate of drug-likeness (QED) is 0.861. The van der Waals surface area contributed by atoms with Crippen molar-refractivity contribution in [2.24, 2.45) is 0 Å². The molecule has 0 spiro atoms. The number of rotatable bonds is 2. The molecule has 110 valence electrons. The van der Waals surface area contributed by atoms with Crippen molar-refractivity contribution < 1.29 is 4.79 Å². The van der Waals surface area contributed by atoms with Crippen LogP contribution in [0.4, 0.5) is 5.69 Å². The molecule has 1 aromatic heterocycles. The van der Waals surface area contributed by atoms with Gasteiger partial charge in [0.1, 0.15) is 0 Å². The molecule has 4 heteroatoms. The maximum absolute atomic E-state index is 12.6. The molecule has 1 atom stereocenters. The fourth-order valence-corrected chi connectivity index (χ4v) is 3.07. The number of carbonyl (C=O) groups is 1. The Kier molecular flexibility index (Phi) is 3.45. The van der Waals surface area contributed by atoms with Crippen LogP contribution in [0.1, 0.15) is 29.9 Å². The lowest BCUT2D eigenvalue weighted by atomic mass is 10.1. The number of carbonyl (C=O) groups excluding carboxylic acids is 1. The molecule has 21 heavy (non-hydrogen) atoms. The summed E-state index contributed by atoms with van der Waals surface area (Å²) in [6.45, 7) is 5.87. The predicted molar refractivity (Wildman–Crippen MR) is 83.9 cm³/mol. The minimum atomic E-state index is 0.133. The Morgan fingerprint density at radius 1 is 1.19 bits per heavy atom. The van der Waals surface area contributed by atoms with E-state index in [2.05, 4.69) is 30.5 Å². The number of aromatic nitrogens is 1. The average Bonchev–Trinajstić information content (AvgIpc) is 2.84. The summed E-state index contributed by atoms with van der Waals surface area (Å²) in [5.74, 6) is 0.178. The summed E-state index contributed by atoms with van der Waals surface area (Å²) in [4.78, 5) is 14.5. The second-order valence-corrected chi connectivity index (χ2v) is 5.73.